The molecule has 4 rings (SSSR count). The Morgan fingerprint density at radius 2 is 2.07 bits per heavy atom. The van der Waals surface area contributed by atoms with Crippen molar-refractivity contribution in [1.82, 2.24) is 24.7 Å². The van der Waals surface area contributed by atoms with Crippen molar-refractivity contribution >= 4 is 11.0 Å². The molecule has 0 radical (unpaired) electrons. The zero-order valence-corrected chi connectivity index (χ0v) is 13.9. The van der Waals surface area contributed by atoms with Gasteiger partial charge in [0.05, 0.1) is 17.4 Å². The first-order valence-electron chi connectivity index (χ1n) is 7.82. The minimum absolute atomic E-state index is 0.0419. The number of halogens is 3. The van der Waals surface area contributed by atoms with Gasteiger partial charge in [0.25, 0.3) is 5.89 Å². The SMILES string of the molecule is Cn1cnc2c(OCc3ncc(-c4nnc(C(F)F)o4)cc3F)cccc21. The standard InChI is InChI=1S/C17H12F3N5O2/c1-25-8-22-14-12(25)3-2-4-13(14)26-7-11-10(18)5-9(6-21-11)16-23-24-17(27-16)15(19)20/h2-6,8,15H,7H2,1H3. The number of nitrogens with zero attached hydrogens (tertiary/aromatic N) is 5. The van der Waals surface area contributed by atoms with Crippen molar-refractivity contribution in [2.24, 2.45) is 7.05 Å². The highest BCUT2D eigenvalue weighted by molar-refractivity contribution is 5.81. The second-order valence-electron chi connectivity index (χ2n) is 5.67. The molecule has 7 nitrogen and oxygen atoms in total. The molecule has 27 heavy (non-hydrogen) atoms. The third kappa shape index (κ3) is 3.21. The number of hydrogen-bond acceptors (Lipinski definition) is 6. The lowest BCUT2D eigenvalue weighted by atomic mass is 10.2. The van der Waals surface area contributed by atoms with Gasteiger partial charge in [-0.05, 0) is 18.2 Å². The molecule has 1 aromatic carbocycles. The molecule has 138 valence electrons. The van der Waals surface area contributed by atoms with Crippen LogP contribution < -0.4 is 4.74 Å². The highest BCUT2D eigenvalue weighted by atomic mass is 19.3. The van der Waals surface area contributed by atoms with E-state index in [2.05, 4.69) is 20.2 Å². The highest BCUT2D eigenvalue weighted by Crippen LogP contribution is 2.26. The third-order valence-electron chi connectivity index (χ3n) is 3.87. The van der Waals surface area contributed by atoms with E-state index in [4.69, 9.17) is 9.15 Å². The normalized spacial score (nSPS) is 11.4. The van der Waals surface area contributed by atoms with Crippen molar-refractivity contribution in [3.05, 3.63) is 54.2 Å². The first-order valence-corrected chi connectivity index (χ1v) is 7.82. The fourth-order valence-electron chi connectivity index (χ4n) is 2.52. The molecule has 0 saturated heterocycles. The van der Waals surface area contributed by atoms with Gasteiger partial charge in [0.1, 0.15) is 29.4 Å². The van der Waals surface area contributed by atoms with Crippen molar-refractivity contribution in [2.75, 3.05) is 0 Å². The fraction of sp³-hybridized carbons (Fsp3) is 0.176. The molecule has 3 aromatic heterocycles. The number of imidazole rings is 1. The number of aromatic nitrogens is 5. The number of para-hydroxylation sites is 1. The van der Waals surface area contributed by atoms with Gasteiger partial charge in [-0.2, -0.15) is 8.78 Å². The Hall–Kier alpha value is -3.43. The van der Waals surface area contributed by atoms with Crippen LogP contribution in [0.3, 0.4) is 0 Å². The first-order chi connectivity index (χ1) is 13.0. The molecular weight excluding hydrogens is 363 g/mol. The smallest absolute Gasteiger partial charge is 0.314 e. The topological polar surface area (TPSA) is 78.9 Å². The van der Waals surface area contributed by atoms with Gasteiger partial charge < -0.3 is 13.7 Å². The van der Waals surface area contributed by atoms with Gasteiger partial charge in [0, 0.05) is 13.2 Å². The maximum Gasteiger partial charge on any atom is 0.314 e. The molecule has 0 saturated carbocycles. The summed E-state index contributed by atoms with van der Waals surface area (Å²) in [7, 11) is 1.86. The van der Waals surface area contributed by atoms with Gasteiger partial charge in [-0.1, -0.05) is 6.07 Å². The Bertz CT molecular complexity index is 1110. The van der Waals surface area contributed by atoms with E-state index in [9.17, 15) is 13.2 Å². The van der Waals surface area contributed by atoms with Gasteiger partial charge in [0.15, 0.2) is 0 Å². The number of aryl methyl sites for hydroxylation is 1. The van der Waals surface area contributed by atoms with Gasteiger partial charge in [0.2, 0.25) is 5.89 Å². The van der Waals surface area contributed by atoms with E-state index in [1.165, 1.54) is 6.20 Å². The monoisotopic (exact) mass is 375 g/mol. The van der Waals surface area contributed by atoms with Crippen molar-refractivity contribution < 1.29 is 22.3 Å². The minimum atomic E-state index is -2.90. The predicted molar refractivity (Wildman–Crippen MR) is 87.5 cm³/mol. The number of rotatable bonds is 5. The van der Waals surface area contributed by atoms with Crippen molar-refractivity contribution in [3.8, 4) is 17.2 Å². The van der Waals surface area contributed by atoms with Crippen LogP contribution in [0.5, 0.6) is 5.75 Å². The summed E-state index contributed by atoms with van der Waals surface area (Å²) in [5.74, 6) is -1.25. The van der Waals surface area contributed by atoms with E-state index in [0.29, 0.717) is 11.3 Å². The van der Waals surface area contributed by atoms with Crippen LogP contribution in [-0.4, -0.2) is 24.7 Å². The van der Waals surface area contributed by atoms with Crippen LogP contribution in [0.2, 0.25) is 0 Å². The highest BCUT2D eigenvalue weighted by Gasteiger charge is 2.18. The second-order valence-corrected chi connectivity index (χ2v) is 5.67. The molecule has 0 bridgehead atoms. The summed E-state index contributed by atoms with van der Waals surface area (Å²) in [4.78, 5) is 8.23. The van der Waals surface area contributed by atoms with E-state index in [0.717, 1.165) is 11.6 Å². The molecule has 0 amide bonds. The quantitative estimate of drug-likeness (QED) is 0.530. The molecule has 4 aromatic rings. The van der Waals surface area contributed by atoms with Crippen LogP contribution in [0.4, 0.5) is 13.2 Å². The molecule has 10 heteroatoms. The number of hydrogen-bond donors (Lipinski definition) is 0. The summed E-state index contributed by atoms with van der Waals surface area (Å²) in [6, 6.07) is 6.50. The summed E-state index contributed by atoms with van der Waals surface area (Å²) in [5.41, 5.74) is 1.67. The molecular formula is C17H12F3N5O2. The average molecular weight is 375 g/mol. The van der Waals surface area contributed by atoms with E-state index in [-0.39, 0.29) is 23.8 Å². The maximum absolute atomic E-state index is 14.3. The van der Waals surface area contributed by atoms with Gasteiger partial charge in [-0.3, -0.25) is 4.98 Å². The van der Waals surface area contributed by atoms with Crippen LogP contribution >= 0.6 is 0 Å². The van der Waals surface area contributed by atoms with E-state index < -0.39 is 18.1 Å². The van der Waals surface area contributed by atoms with Crippen LogP contribution in [0, 0.1) is 5.82 Å². The van der Waals surface area contributed by atoms with Crippen LogP contribution in [0.25, 0.3) is 22.5 Å². The molecule has 0 N–H and O–H groups in total. The Morgan fingerprint density at radius 3 is 2.81 bits per heavy atom. The van der Waals surface area contributed by atoms with Crippen LogP contribution in [-0.2, 0) is 13.7 Å². The van der Waals surface area contributed by atoms with Crippen molar-refractivity contribution in [1.29, 1.82) is 0 Å². The van der Waals surface area contributed by atoms with Crippen molar-refractivity contribution in [2.45, 2.75) is 13.0 Å². The summed E-state index contributed by atoms with van der Waals surface area (Å²) in [5, 5.41) is 6.66. The molecule has 0 aliphatic carbocycles. The number of ether oxygens (including phenoxy) is 1. The molecule has 0 atom stereocenters. The van der Waals surface area contributed by atoms with Gasteiger partial charge in [-0.25, -0.2) is 9.37 Å². The van der Waals surface area contributed by atoms with E-state index in [1.807, 2.05) is 23.7 Å². The van der Waals surface area contributed by atoms with E-state index in [1.54, 1.807) is 12.4 Å². The molecule has 0 spiro atoms. The lowest BCUT2D eigenvalue weighted by molar-refractivity contribution is 0.116. The van der Waals surface area contributed by atoms with Crippen LogP contribution in [0.15, 0.2) is 41.2 Å². The molecule has 0 fully saturated rings. The summed E-state index contributed by atoms with van der Waals surface area (Å²) < 4.78 is 51.6. The summed E-state index contributed by atoms with van der Waals surface area (Å²) in [6.45, 7) is -0.131. The summed E-state index contributed by atoms with van der Waals surface area (Å²) >= 11 is 0. The average Bonchev–Trinajstić information content (AvgIpc) is 3.29. The van der Waals surface area contributed by atoms with Gasteiger partial charge in [-0.15, -0.1) is 10.2 Å². The Balaban J connectivity index is 1.54. The Kier molecular flexibility index (Phi) is 4.22. The fourth-order valence-corrected chi connectivity index (χ4v) is 2.52. The molecule has 0 aliphatic heterocycles. The second kappa shape index (κ2) is 6.71. The third-order valence-corrected chi connectivity index (χ3v) is 3.87. The Morgan fingerprint density at radius 1 is 1.22 bits per heavy atom. The molecule has 0 unspecified atom stereocenters. The zero-order valence-electron chi connectivity index (χ0n) is 13.9. The van der Waals surface area contributed by atoms with Crippen molar-refractivity contribution in [3.63, 3.8) is 0 Å². The number of alkyl halides is 2. The first kappa shape index (κ1) is 17.0. The molecule has 3 heterocycles. The summed E-state index contributed by atoms with van der Waals surface area (Å²) in [6.07, 6.45) is 0.0146. The molecule has 0 aliphatic rings. The number of benzene rings is 1. The minimum Gasteiger partial charge on any atom is -0.485 e. The Labute approximate surface area is 150 Å². The predicted octanol–water partition coefficient (Wildman–Crippen LogP) is 3.67. The zero-order chi connectivity index (χ0) is 19.0. The number of pyridine rings is 1. The largest absolute Gasteiger partial charge is 0.485 e. The lowest BCUT2D eigenvalue weighted by Gasteiger charge is -2.08. The van der Waals surface area contributed by atoms with E-state index >= 15 is 0 Å². The number of fused-ring (bicyclic) bond motifs is 1. The lowest BCUT2D eigenvalue weighted by Crippen LogP contribution is -2.02. The maximum atomic E-state index is 14.3. The van der Waals surface area contributed by atoms with Crippen LogP contribution in [0.1, 0.15) is 18.0 Å². The van der Waals surface area contributed by atoms with Gasteiger partial charge >= 0.3 is 6.43 Å².